The first-order chi connectivity index (χ1) is 8.83. The van der Waals surface area contributed by atoms with Crippen molar-refractivity contribution in [2.75, 3.05) is 6.54 Å². The maximum absolute atomic E-state index is 12.2. The number of hydrogen-bond donors (Lipinski definition) is 0. The van der Waals surface area contributed by atoms with Gasteiger partial charge in [0.1, 0.15) is 11.7 Å². The Bertz CT molecular complexity index is 399. The highest BCUT2D eigenvalue weighted by atomic mass is 16.6. The summed E-state index contributed by atoms with van der Waals surface area (Å²) in [4.78, 5) is 25.6. The van der Waals surface area contributed by atoms with Crippen molar-refractivity contribution in [3.05, 3.63) is 12.7 Å². The zero-order valence-electron chi connectivity index (χ0n) is 11.7. The predicted molar refractivity (Wildman–Crippen MR) is 69.5 cm³/mol. The lowest BCUT2D eigenvalue weighted by molar-refractivity contribution is -0.144. The number of carbonyl (C=O) groups excluding carboxylic acids is 2. The monoisotopic (exact) mass is 267 g/mol. The van der Waals surface area contributed by atoms with Gasteiger partial charge in [-0.3, -0.25) is 4.79 Å². The summed E-state index contributed by atoms with van der Waals surface area (Å²) in [5, 5.41) is 0. The molecule has 0 spiro atoms. The summed E-state index contributed by atoms with van der Waals surface area (Å²) >= 11 is 0. The van der Waals surface area contributed by atoms with Gasteiger partial charge in [-0.15, -0.1) is 6.58 Å². The van der Waals surface area contributed by atoms with Crippen LogP contribution >= 0.6 is 0 Å². The Morgan fingerprint density at radius 2 is 2.26 bits per heavy atom. The molecule has 2 aliphatic rings. The van der Waals surface area contributed by atoms with E-state index in [9.17, 15) is 9.59 Å². The largest absolute Gasteiger partial charge is 0.460 e. The van der Waals surface area contributed by atoms with E-state index >= 15 is 0 Å². The van der Waals surface area contributed by atoms with Crippen LogP contribution in [0.4, 0.5) is 4.79 Å². The van der Waals surface area contributed by atoms with E-state index in [0.29, 0.717) is 19.4 Å². The van der Waals surface area contributed by atoms with Gasteiger partial charge < -0.3 is 14.4 Å². The van der Waals surface area contributed by atoms with E-state index in [1.165, 1.54) is 0 Å². The Morgan fingerprint density at radius 3 is 2.84 bits per heavy atom. The van der Waals surface area contributed by atoms with Gasteiger partial charge in [-0.05, 0) is 27.2 Å². The molecule has 2 aliphatic heterocycles. The summed E-state index contributed by atoms with van der Waals surface area (Å²) in [7, 11) is 0. The van der Waals surface area contributed by atoms with E-state index < -0.39 is 5.60 Å². The van der Waals surface area contributed by atoms with Crippen molar-refractivity contribution in [3.63, 3.8) is 0 Å². The second-order valence-corrected chi connectivity index (χ2v) is 6.06. The summed E-state index contributed by atoms with van der Waals surface area (Å²) in [6.07, 6.45) is 2.35. The molecule has 106 valence electrons. The molecule has 19 heavy (non-hydrogen) atoms. The first kappa shape index (κ1) is 13.9. The number of ether oxygens (including phenoxy) is 2. The van der Waals surface area contributed by atoms with E-state index in [2.05, 4.69) is 6.58 Å². The van der Waals surface area contributed by atoms with E-state index in [1.54, 1.807) is 11.0 Å². The average Bonchev–Trinajstić information content (AvgIpc) is 2.77. The Balaban J connectivity index is 2.12. The Hall–Kier alpha value is -1.52. The second-order valence-electron chi connectivity index (χ2n) is 6.06. The molecule has 2 saturated heterocycles. The van der Waals surface area contributed by atoms with Crippen LogP contribution in [0.3, 0.4) is 0 Å². The highest BCUT2D eigenvalue weighted by Gasteiger charge is 2.52. The van der Waals surface area contributed by atoms with Crippen LogP contribution in [0, 0.1) is 5.92 Å². The van der Waals surface area contributed by atoms with Crippen LogP contribution in [-0.4, -0.2) is 41.3 Å². The first-order valence-corrected chi connectivity index (χ1v) is 6.64. The van der Waals surface area contributed by atoms with Crippen LogP contribution in [0.2, 0.25) is 0 Å². The van der Waals surface area contributed by atoms with E-state index in [4.69, 9.17) is 9.47 Å². The zero-order valence-corrected chi connectivity index (χ0v) is 11.7. The third-order valence-corrected chi connectivity index (χ3v) is 3.43. The SMILES string of the molecule is C=CC[C@@H]1C(=O)O[C@H]2CCN(C(=O)OC(C)(C)C)[C@H]21. The van der Waals surface area contributed by atoms with Crippen molar-refractivity contribution in [2.24, 2.45) is 5.92 Å². The number of amides is 1. The minimum Gasteiger partial charge on any atom is -0.460 e. The lowest BCUT2D eigenvalue weighted by Gasteiger charge is -2.29. The number of rotatable bonds is 2. The third-order valence-electron chi connectivity index (χ3n) is 3.43. The molecular weight excluding hydrogens is 246 g/mol. The summed E-state index contributed by atoms with van der Waals surface area (Å²) in [5.74, 6) is -0.541. The van der Waals surface area contributed by atoms with Crippen molar-refractivity contribution >= 4 is 12.1 Å². The van der Waals surface area contributed by atoms with E-state index in [-0.39, 0.29) is 30.1 Å². The number of carbonyl (C=O) groups is 2. The minimum atomic E-state index is -0.535. The van der Waals surface area contributed by atoms with Gasteiger partial charge in [-0.25, -0.2) is 4.79 Å². The fraction of sp³-hybridized carbons (Fsp3) is 0.714. The Kier molecular flexibility index (Phi) is 3.56. The molecule has 3 atom stereocenters. The first-order valence-electron chi connectivity index (χ1n) is 6.64. The molecule has 0 aromatic rings. The molecule has 1 amide bonds. The molecule has 2 heterocycles. The molecule has 0 aromatic heterocycles. The lowest BCUT2D eigenvalue weighted by Crippen LogP contribution is -2.44. The van der Waals surface area contributed by atoms with Crippen LogP contribution in [0.5, 0.6) is 0 Å². The molecule has 0 aliphatic carbocycles. The molecule has 0 unspecified atom stereocenters. The molecule has 0 N–H and O–H groups in total. The fourth-order valence-electron chi connectivity index (χ4n) is 2.72. The summed E-state index contributed by atoms with van der Waals surface area (Å²) in [6, 6.07) is -0.208. The van der Waals surface area contributed by atoms with Crippen LogP contribution in [-0.2, 0) is 14.3 Å². The van der Waals surface area contributed by atoms with Crippen LogP contribution < -0.4 is 0 Å². The number of hydrogen-bond acceptors (Lipinski definition) is 4. The normalized spacial score (nSPS) is 29.9. The van der Waals surface area contributed by atoms with E-state index in [0.717, 1.165) is 0 Å². The molecule has 0 saturated carbocycles. The molecule has 2 fully saturated rings. The lowest BCUT2D eigenvalue weighted by atomic mass is 9.96. The molecule has 0 radical (unpaired) electrons. The predicted octanol–water partition coefficient (Wildman–Crippen LogP) is 2.11. The molecule has 0 aromatic carbocycles. The number of esters is 1. The van der Waals surface area contributed by atoms with Gasteiger partial charge in [0.25, 0.3) is 0 Å². The van der Waals surface area contributed by atoms with Crippen LogP contribution in [0.1, 0.15) is 33.6 Å². The Morgan fingerprint density at radius 1 is 1.58 bits per heavy atom. The van der Waals surface area contributed by atoms with E-state index in [1.807, 2.05) is 20.8 Å². The summed E-state index contributed by atoms with van der Waals surface area (Å²) < 4.78 is 10.7. The fourth-order valence-corrected chi connectivity index (χ4v) is 2.72. The number of fused-ring (bicyclic) bond motifs is 1. The van der Waals surface area contributed by atoms with Gasteiger partial charge in [-0.2, -0.15) is 0 Å². The van der Waals surface area contributed by atoms with Gasteiger partial charge in [0.15, 0.2) is 0 Å². The van der Waals surface area contributed by atoms with Crippen molar-refractivity contribution in [3.8, 4) is 0 Å². The molecule has 5 nitrogen and oxygen atoms in total. The van der Waals surface area contributed by atoms with Gasteiger partial charge >= 0.3 is 12.1 Å². The second kappa shape index (κ2) is 4.87. The van der Waals surface area contributed by atoms with Gasteiger partial charge in [0.2, 0.25) is 0 Å². The van der Waals surface area contributed by atoms with Crippen molar-refractivity contribution in [1.29, 1.82) is 0 Å². The van der Waals surface area contributed by atoms with Crippen molar-refractivity contribution in [2.45, 2.75) is 51.4 Å². The van der Waals surface area contributed by atoms with Crippen LogP contribution in [0.25, 0.3) is 0 Å². The summed E-state index contributed by atoms with van der Waals surface area (Å²) in [6.45, 7) is 9.72. The quantitative estimate of drug-likeness (QED) is 0.568. The van der Waals surface area contributed by atoms with Gasteiger partial charge in [-0.1, -0.05) is 6.08 Å². The highest BCUT2D eigenvalue weighted by molar-refractivity contribution is 5.79. The molecule has 2 rings (SSSR count). The zero-order chi connectivity index (χ0) is 14.2. The number of nitrogens with zero attached hydrogens (tertiary/aromatic N) is 1. The van der Waals surface area contributed by atoms with Crippen molar-refractivity contribution in [1.82, 2.24) is 4.90 Å². The average molecular weight is 267 g/mol. The molecule has 0 bridgehead atoms. The highest BCUT2D eigenvalue weighted by Crippen LogP contribution is 2.36. The topological polar surface area (TPSA) is 55.8 Å². The smallest absolute Gasteiger partial charge is 0.410 e. The van der Waals surface area contributed by atoms with Gasteiger partial charge in [0, 0.05) is 13.0 Å². The van der Waals surface area contributed by atoms with Gasteiger partial charge in [0.05, 0.1) is 12.0 Å². The Labute approximate surface area is 113 Å². The maximum atomic E-state index is 12.2. The van der Waals surface area contributed by atoms with Crippen LogP contribution in [0.15, 0.2) is 12.7 Å². The molecular formula is C14H21NO4. The number of likely N-dealkylation sites (tertiary alicyclic amines) is 1. The summed E-state index contributed by atoms with van der Waals surface area (Å²) in [5.41, 5.74) is -0.535. The molecule has 5 heteroatoms. The van der Waals surface area contributed by atoms with Crippen molar-refractivity contribution < 1.29 is 19.1 Å². The maximum Gasteiger partial charge on any atom is 0.410 e. The minimum absolute atomic E-state index is 0.190. The standard InChI is InChI=1S/C14H21NO4/c1-5-6-9-11-10(18-12(9)16)7-8-15(11)13(17)19-14(2,3)4/h5,9-11H,1,6-8H2,2-4H3/t9-,10-,11-/m0/s1. The number of allylic oxidation sites excluding steroid dienone is 1. The third kappa shape index (κ3) is 2.74.